The molecule has 1 aromatic carbocycles. The van der Waals surface area contributed by atoms with Crippen molar-refractivity contribution in [3.63, 3.8) is 0 Å². The monoisotopic (exact) mass is 425 g/mol. The van der Waals surface area contributed by atoms with E-state index in [2.05, 4.69) is 15.4 Å². The molecule has 0 fully saturated rings. The molecule has 0 saturated carbocycles. The number of amides is 1. The van der Waals surface area contributed by atoms with Gasteiger partial charge in [0.05, 0.1) is 35.5 Å². The molecule has 0 spiro atoms. The molecule has 0 unspecified atom stereocenters. The van der Waals surface area contributed by atoms with Gasteiger partial charge in [0.15, 0.2) is 5.82 Å². The molecule has 0 bridgehead atoms. The molecular formula is C21H14F3N5O2. The van der Waals surface area contributed by atoms with E-state index < -0.39 is 17.8 Å². The number of hydrogen-bond acceptors (Lipinski definition) is 5. The van der Waals surface area contributed by atoms with E-state index in [1.54, 1.807) is 25.1 Å². The Morgan fingerprint density at radius 1 is 1.26 bits per heavy atom. The van der Waals surface area contributed by atoms with Crippen LogP contribution < -0.4 is 5.32 Å². The van der Waals surface area contributed by atoms with Crippen molar-refractivity contribution in [1.82, 2.24) is 14.8 Å². The van der Waals surface area contributed by atoms with Crippen LogP contribution in [0.4, 0.5) is 19.0 Å². The second-order valence-corrected chi connectivity index (χ2v) is 6.74. The molecule has 4 aromatic rings. The Morgan fingerprint density at radius 2 is 2.06 bits per heavy atom. The lowest BCUT2D eigenvalue weighted by Gasteiger charge is -2.07. The van der Waals surface area contributed by atoms with Crippen molar-refractivity contribution in [2.75, 3.05) is 5.32 Å². The van der Waals surface area contributed by atoms with E-state index in [9.17, 15) is 23.2 Å². The van der Waals surface area contributed by atoms with Gasteiger partial charge in [-0.15, -0.1) is 0 Å². The number of furan rings is 1. The largest absolute Gasteiger partial charge is 0.469 e. The molecule has 0 aliphatic carbocycles. The quantitative estimate of drug-likeness (QED) is 0.518. The highest BCUT2D eigenvalue weighted by molar-refractivity contribution is 6.08. The lowest BCUT2D eigenvalue weighted by atomic mass is 10.1. The number of alkyl halides is 3. The first-order chi connectivity index (χ1) is 14.8. The highest BCUT2D eigenvalue weighted by atomic mass is 19.4. The standard InChI is InChI=1S/C21H14F3N5O2/c1-12-15(6-7-31-12)20(30)27-19-16-8-13(9-25)2-4-17(16)29(28-19)11-14-3-5-18(26-10-14)21(22,23)24/h2-8,10H,11H2,1H3,(H,27,28,30). The molecule has 1 amide bonds. The second-order valence-electron chi connectivity index (χ2n) is 6.74. The Hall–Kier alpha value is -4.13. The van der Waals surface area contributed by atoms with Gasteiger partial charge in [-0.3, -0.25) is 14.5 Å². The highest BCUT2D eigenvalue weighted by Gasteiger charge is 2.32. The summed E-state index contributed by atoms with van der Waals surface area (Å²) in [5, 5.41) is 16.9. The number of nitrogens with one attached hydrogen (secondary N) is 1. The fraction of sp³-hybridized carbons (Fsp3) is 0.143. The number of aryl methyl sites for hydroxylation is 1. The summed E-state index contributed by atoms with van der Waals surface area (Å²) in [6.45, 7) is 1.77. The van der Waals surface area contributed by atoms with E-state index in [4.69, 9.17) is 4.42 Å². The van der Waals surface area contributed by atoms with Gasteiger partial charge >= 0.3 is 6.18 Å². The molecule has 4 rings (SSSR count). The third kappa shape index (κ3) is 3.98. The predicted molar refractivity (Wildman–Crippen MR) is 104 cm³/mol. The van der Waals surface area contributed by atoms with Gasteiger partial charge in [0, 0.05) is 11.6 Å². The first-order valence-corrected chi connectivity index (χ1v) is 9.04. The number of aromatic nitrogens is 3. The maximum atomic E-state index is 12.7. The normalized spacial score (nSPS) is 11.5. The Balaban J connectivity index is 1.70. The Kier molecular flexibility index (Phi) is 4.94. The number of benzene rings is 1. The van der Waals surface area contributed by atoms with Gasteiger partial charge in [0.2, 0.25) is 0 Å². The maximum absolute atomic E-state index is 12.7. The van der Waals surface area contributed by atoms with Gasteiger partial charge in [0.1, 0.15) is 11.5 Å². The Labute approximate surface area is 173 Å². The van der Waals surface area contributed by atoms with Gasteiger partial charge < -0.3 is 9.73 Å². The number of rotatable bonds is 4. The van der Waals surface area contributed by atoms with Crippen molar-refractivity contribution in [3.8, 4) is 6.07 Å². The zero-order valence-corrected chi connectivity index (χ0v) is 16.1. The molecule has 156 valence electrons. The summed E-state index contributed by atoms with van der Waals surface area (Å²) in [5.74, 6) is 0.226. The van der Waals surface area contributed by atoms with E-state index in [-0.39, 0.29) is 12.4 Å². The zero-order chi connectivity index (χ0) is 22.2. The molecule has 0 saturated heterocycles. The van der Waals surface area contributed by atoms with Crippen LogP contribution in [-0.4, -0.2) is 20.7 Å². The number of nitrogens with zero attached hydrogens (tertiary/aromatic N) is 4. The Bertz CT molecular complexity index is 1310. The minimum Gasteiger partial charge on any atom is -0.469 e. The van der Waals surface area contributed by atoms with Crippen molar-refractivity contribution >= 4 is 22.6 Å². The van der Waals surface area contributed by atoms with Crippen LogP contribution in [0.5, 0.6) is 0 Å². The SMILES string of the molecule is Cc1occc1C(=O)Nc1nn(Cc2ccc(C(F)(F)F)nc2)c2ccc(C#N)cc12. The highest BCUT2D eigenvalue weighted by Crippen LogP contribution is 2.28. The number of carbonyl (C=O) groups is 1. The van der Waals surface area contributed by atoms with Gasteiger partial charge in [-0.25, -0.2) is 0 Å². The summed E-state index contributed by atoms with van der Waals surface area (Å²) >= 11 is 0. The number of nitriles is 1. The summed E-state index contributed by atoms with van der Waals surface area (Å²) in [7, 11) is 0. The van der Waals surface area contributed by atoms with Crippen LogP contribution in [0.1, 0.15) is 32.9 Å². The fourth-order valence-electron chi connectivity index (χ4n) is 3.12. The van der Waals surface area contributed by atoms with Gasteiger partial charge in [-0.1, -0.05) is 6.07 Å². The van der Waals surface area contributed by atoms with Crippen LogP contribution >= 0.6 is 0 Å². The molecule has 0 aliphatic rings. The van der Waals surface area contributed by atoms with Crippen LogP contribution in [0.3, 0.4) is 0 Å². The van der Waals surface area contributed by atoms with Crippen molar-refractivity contribution in [3.05, 3.63) is 77.0 Å². The van der Waals surface area contributed by atoms with E-state index in [1.165, 1.54) is 23.1 Å². The number of pyridine rings is 1. The maximum Gasteiger partial charge on any atom is 0.433 e. The zero-order valence-electron chi connectivity index (χ0n) is 16.1. The lowest BCUT2D eigenvalue weighted by molar-refractivity contribution is -0.141. The summed E-state index contributed by atoms with van der Waals surface area (Å²) in [6.07, 6.45) is -1.99. The van der Waals surface area contributed by atoms with Crippen molar-refractivity contribution in [1.29, 1.82) is 5.26 Å². The van der Waals surface area contributed by atoms with Gasteiger partial charge in [-0.2, -0.15) is 23.5 Å². The van der Waals surface area contributed by atoms with Crippen LogP contribution in [0, 0.1) is 18.3 Å². The van der Waals surface area contributed by atoms with Crippen LogP contribution in [0.2, 0.25) is 0 Å². The minimum atomic E-state index is -4.52. The second kappa shape index (κ2) is 7.60. The molecule has 0 aliphatic heterocycles. The lowest BCUT2D eigenvalue weighted by Crippen LogP contribution is -2.13. The summed E-state index contributed by atoms with van der Waals surface area (Å²) in [5.41, 5.74) is 0.816. The van der Waals surface area contributed by atoms with Gasteiger partial charge in [-0.05, 0) is 42.8 Å². The van der Waals surface area contributed by atoms with E-state index in [0.717, 1.165) is 12.3 Å². The molecule has 3 aromatic heterocycles. The molecule has 0 atom stereocenters. The van der Waals surface area contributed by atoms with Crippen molar-refractivity contribution in [2.45, 2.75) is 19.6 Å². The van der Waals surface area contributed by atoms with Crippen molar-refractivity contribution < 1.29 is 22.4 Å². The minimum absolute atomic E-state index is 0.119. The van der Waals surface area contributed by atoms with Crippen molar-refractivity contribution in [2.24, 2.45) is 0 Å². The van der Waals surface area contributed by atoms with E-state index >= 15 is 0 Å². The molecule has 0 radical (unpaired) electrons. The molecular weight excluding hydrogens is 411 g/mol. The average Bonchev–Trinajstić information content (AvgIpc) is 3.31. The van der Waals surface area contributed by atoms with Crippen LogP contribution in [0.15, 0.2) is 53.3 Å². The van der Waals surface area contributed by atoms with E-state index in [1.807, 2.05) is 6.07 Å². The molecule has 3 heterocycles. The first-order valence-electron chi connectivity index (χ1n) is 9.04. The summed E-state index contributed by atoms with van der Waals surface area (Å²) in [4.78, 5) is 16.1. The Morgan fingerprint density at radius 3 is 2.68 bits per heavy atom. The number of anilines is 1. The third-order valence-electron chi connectivity index (χ3n) is 4.66. The van der Waals surface area contributed by atoms with E-state index in [0.29, 0.717) is 33.4 Å². The average molecular weight is 425 g/mol. The smallest absolute Gasteiger partial charge is 0.433 e. The number of hydrogen-bond donors (Lipinski definition) is 1. The summed E-state index contributed by atoms with van der Waals surface area (Å²) in [6, 6.07) is 10.6. The fourth-order valence-corrected chi connectivity index (χ4v) is 3.12. The van der Waals surface area contributed by atoms with Gasteiger partial charge in [0.25, 0.3) is 5.91 Å². The third-order valence-corrected chi connectivity index (χ3v) is 4.66. The topological polar surface area (TPSA) is 96.7 Å². The number of carbonyl (C=O) groups excluding carboxylic acids is 1. The predicted octanol–water partition coefficient (Wildman–Crippen LogP) is 4.52. The summed E-state index contributed by atoms with van der Waals surface area (Å²) < 4.78 is 44.9. The molecule has 7 nitrogen and oxygen atoms in total. The molecule has 1 N–H and O–H groups in total. The number of halogens is 3. The molecule has 10 heteroatoms. The van der Waals surface area contributed by atoms with Crippen LogP contribution in [0.25, 0.3) is 10.9 Å². The van der Waals surface area contributed by atoms with Crippen LogP contribution in [-0.2, 0) is 12.7 Å². The number of fused-ring (bicyclic) bond motifs is 1. The molecule has 31 heavy (non-hydrogen) atoms. The first kappa shape index (κ1) is 20.2.